The summed E-state index contributed by atoms with van der Waals surface area (Å²) in [6, 6.07) is 16.1. The Bertz CT molecular complexity index is 1230. The molecule has 0 fully saturated rings. The molecule has 3 heterocycles. The van der Waals surface area contributed by atoms with Crippen molar-refractivity contribution in [3.05, 3.63) is 87.2 Å². The first-order valence-corrected chi connectivity index (χ1v) is 12.3. The van der Waals surface area contributed by atoms with E-state index < -0.39 is 0 Å². The lowest BCUT2D eigenvalue weighted by atomic mass is 9.99. The maximum absolute atomic E-state index is 12.8. The highest BCUT2D eigenvalue weighted by molar-refractivity contribution is 7.98. The number of fused-ring (bicyclic) bond motifs is 3. The van der Waals surface area contributed by atoms with Gasteiger partial charge in [0.2, 0.25) is 0 Å². The van der Waals surface area contributed by atoms with Gasteiger partial charge in [0.15, 0.2) is 0 Å². The molecule has 2 aromatic carbocycles. The van der Waals surface area contributed by atoms with Crippen LogP contribution in [0.5, 0.6) is 0 Å². The fourth-order valence-corrected chi connectivity index (χ4v) is 5.59. The fourth-order valence-electron chi connectivity index (χ4n) is 4.59. The number of pyridine rings is 1. The van der Waals surface area contributed by atoms with Gasteiger partial charge >= 0.3 is 0 Å². The van der Waals surface area contributed by atoms with Gasteiger partial charge in [0.1, 0.15) is 0 Å². The van der Waals surface area contributed by atoms with Gasteiger partial charge < -0.3 is 10.3 Å². The Morgan fingerprint density at radius 3 is 2.78 bits per heavy atom. The standard InChI is InChI=1S/C26H27N3O2S/c30-25(27-11-14-29-12-8-19(9-13-29)18-4-2-1-3-5-18)20-6-7-24-22(16-20)21-10-15-32-17-23(21)26(31)28-24/h1-8,16H,9-15,17H2,(H,27,30)(H,28,31). The molecule has 1 amide bonds. The van der Waals surface area contributed by atoms with Crippen LogP contribution in [0.2, 0.25) is 0 Å². The van der Waals surface area contributed by atoms with Crippen molar-refractivity contribution in [3.63, 3.8) is 0 Å². The zero-order chi connectivity index (χ0) is 21.9. The maximum atomic E-state index is 12.8. The molecule has 0 bridgehead atoms. The van der Waals surface area contributed by atoms with Gasteiger partial charge in [-0.05, 0) is 53.5 Å². The lowest BCUT2D eigenvalue weighted by Crippen LogP contribution is -2.37. The normalized spacial score (nSPS) is 16.4. The minimum absolute atomic E-state index is 0.00269. The molecule has 0 aliphatic carbocycles. The Kier molecular flexibility index (Phi) is 6.14. The van der Waals surface area contributed by atoms with Crippen molar-refractivity contribution < 1.29 is 4.79 Å². The second kappa shape index (κ2) is 9.35. The van der Waals surface area contributed by atoms with Crippen molar-refractivity contribution in [2.24, 2.45) is 0 Å². The van der Waals surface area contributed by atoms with Gasteiger partial charge in [-0.1, -0.05) is 36.4 Å². The van der Waals surface area contributed by atoms with Crippen LogP contribution in [0.15, 0.2) is 59.4 Å². The predicted octanol–water partition coefficient (Wildman–Crippen LogP) is 3.84. The zero-order valence-electron chi connectivity index (χ0n) is 18.0. The Balaban J connectivity index is 1.21. The molecular formula is C26H27N3O2S. The number of aryl methyl sites for hydroxylation is 1. The van der Waals surface area contributed by atoms with Crippen molar-refractivity contribution >= 4 is 34.1 Å². The highest BCUT2D eigenvalue weighted by Gasteiger charge is 2.18. The van der Waals surface area contributed by atoms with E-state index >= 15 is 0 Å². The minimum atomic E-state index is -0.0606. The Labute approximate surface area is 191 Å². The molecule has 0 atom stereocenters. The number of aromatic nitrogens is 1. The number of hydrogen-bond acceptors (Lipinski definition) is 4. The summed E-state index contributed by atoms with van der Waals surface area (Å²) in [7, 11) is 0. The van der Waals surface area contributed by atoms with Crippen molar-refractivity contribution in [2.45, 2.75) is 18.6 Å². The molecule has 0 spiro atoms. The average molecular weight is 446 g/mol. The highest BCUT2D eigenvalue weighted by Crippen LogP contribution is 2.28. The molecule has 2 N–H and O–H groups in total. The summed E-state index contributed by atoms with van der Waals surface area (Å²) >= 11 is 1.79. The van der Waals surface area contributed by atoms with Gasteiger partial charge in [-0.2, -0.15) is 11.8 Å². The van der Waals surface area contributed by atoms with E-state index in [-0.39, 0.29) is 11.5 Å². The molecule has 32 heavy (non-hydrogen) atoms. The highest BCUT2D eigenvalue weighted by atomic mass is 32.2. The molecule has 5 nitrogen and oxygen atoms in total. The number of benzene rings is 2. The van der Waals surface area contributed by atoms with Gasteiger partial charge in [-0.25, -0.2) is 0 Å². The lowest BCUT2D eigenvalue weighted by molar-refractivity contribution is 0.0949. The van der Waals surface area contributed by atoms with Crippen LogP contribution in [0.4, 0.5) is 0 Å². The van der Waals surface area contributed by atoms with Crippen molar-refractivity contribution in [1.29, 1.82) is 0 Å². The van der Waals surface area contributed by atoms with Crippen LogP contribution in [-0.4, -0.2) is 47.7 Å². The predicted molar refractivity (Wildman–Crippen MR) is 132 cm³/mol. The number of carbonyl (C=O) groups is 1. The summed E-state index contributed by atoms with van der Waals surface area (Å²) in [6.45, 7) is 3.36. The number of nitrogens with one attached hydrogen (secondary N) is 2. The van der Waals surface area contributed by atoms with Crippen LogP contribution >= 0.6 is 11.8 Å². The molecule has 164 valence electrons. The van der Waals surface area contributed by atoms with Gasteiger partial charge in [0, 0.05) is 54.0 Å². The van der Waals surface area contributed by atoms with E-state index in [1.807, 2.05) is 18.2 Å². The first-order chi connectivity index (χ1) is 15.7. The Hall–Kier alpha value is -2.83. The third-order valence-corrected chi connectivity index (χ3v) is 7.37. The second-order valence-corrected chi connectivity index (χ2v) is 9.48. The Morgan fingerprint density at radius 1 is 1.09 bits per heavy atom. The van der Waals surface area contributed by atoms with Crippen molar-refractivity contribution in [3.8, 4) is 0 Å². The zero-order valence-corrected chi connectivity index (χ0v) is 18.8. The molecule has 0 saturated heterocycles. The quantitative estimate of drug-likeness (QED) is 0.626. The Morgan fingerprint density at radius 2 is 1.97 bits per heavy atom. The van der Waals surface area contributed by atoms with Crippen LogP contribution in [0.25, 0.3) is 16.5 Å². The topological polar surface area (TPSA) is 65.2 Å². The van der Waals surface area contributed by atoms with E-state index in [1.165, 1.54) is 11.1 Å². The van der Waals surface area contributed by atoms with E-state index in [0.29, 0.717) is 12.1 Å². The molecule has 2 aliphatic rings. The molecule has 0 unspecified atom stereocenters. The van der Waals surface area contributed by atoms with Crippen LogP contribution in [0.1, 0.15) is 33.5 Å². The number of H-pyrrole nitrogens is 1. The molecule has 1 aromatic heterocycles. The number of thioether (sulfide) groups is 1. The maximum Gasteiger partial charge on any atom is 0.252 e. The van der Waals surface area contributed by atoms with E-state index in [0.717, 1.165) is 66.0 Å². The number of rotatable bonds is 5. The molecule has 0 radical (unpaired) electrons. The second-order valence-electron chi connectivity index (χ2n) is 8.38. The van der Waals surface area contributed by atoms with Gasteiger partial charge in [-0.3, -0.25) is 14.5 Å². The summed E-state index contributed by atoms with van der Waals surface area (Å²) in [6.07, 6.45) is 4.20. The number of carbonyl (C=O) groups excluding carboxylic acids is 1. The van der Waals surface area contributed by atoms with E-state index in [9.17, 15) is 9.59 Å². The summed E-state index contributed by atoms with van der Waals surface area (Å²) in [5, 5.41) is 4.07. The number of hydrogen-bond donors (Lipinski definition) is 2. The summed E-state index contributed by atoms with van der Waals surface area (Å²) in [5.74, 6) is 1.69. The van der Waals surface area contributed by atoms with E-state index in [4.69, 9.17) is 0 Å². The monoisotopic (exact) mass is 445 g/mol. The number of nitrogens with zero attached hydrogens (tertiary/aromatic N) is 1. The van der Waals surface area contributed by atoms with Gasteiger partial charge in [-0.15, -0.1) is 0 Å². The third-order valence-electron chi connectivity index (χ3n) is 6.39. The minimum Gasteiger partial charge on any atom is -0.351 e. The van der Waals surface area contributed by atoms with Gasteiger partial charge in [0.05, 0.1) is 0 Å². The molecule has 2 aliphatic heterocycles. The summed E-state index contributed by atoms with van der Waals surface area (Å²) in [4.78, 5) is 30.5. The smallest absolute Gasteiger partial charge is 0.252 e. The number of amides is 1. The first kappa shape index (κ1) is 21.0. The van der Waals surface area contributed by atoms with Crippen molar-refractivity contribution in [2.75, 3.05) is 31.9 Å². The average Bonchev–Trinajstić information content (AvgIpc) is 2.85. The molecule has 0 saturated carbocycles. The largest absolute Gasteiger partial charge is 0.351 e. The van der Waals surface area contributed by atoms with Crippen LogP contribution < -0.4 is 10.9 Å². The number of aromatic amines is 1. The van der Waals surface area contributed by atoms with E-state index in [1.54, 1.807) is 17.8 Å². The fraction of sp³-hybridized carbons (Fsp3) is 0.308. The third kappa shape index (κ3) is 4.38. The first-order valence-electron chi connectivity index (χ1n) is 11.2. The van der Waals surface area contributed by atoms with Crippen LogP contribution in [-0.2, 0) is 12.2 Å². The SMILES string of the molecule is O=C(NCCN1CC=C(c2ccccc2)CC1)c1ccc2[nH]c(=O)c3c(c2c1)CCSC3. The van der Waals surface area contributed by atoms with Gasteiger partial charge in [0.25, 0.3) is 11.5 Å². The van der Waals surface area contributed by atoms with E-state index in [2.05, 4.69) is 45.5 Å². The summed E-state index contributed by atoms with van der Waals surface area (Å²) in [5.41, 5.74) is 6.14. The van der Waals surface area contributed by atoms with Crippen molar-refractivity contribution in [1.82, 2.24) is 15.2 Å². The summed E-state index contributed by atoms with van der Waals surface area (Å²) < 4.78 is 0. The van der Waals surface area contributed by atoms with Crippen LogP contribution in [0.3, 0.4) is 0 Å². The molecule has 5 rings (SSSR count). The lowest BCUT2D eigenvalue weighted by Gasteiger charge is -2.26. The van der Waals surface area contributed by atoms with Crippen LogP contribution in [0, 0.1) is 0 Å². The molecule has 3 aromatic rings. The molecule has 6 heteroatoms. The molecular weight excluding hydrogens is 418 g/mol.